The molecule has 5 atom stereocenters. The van der Waals surface area contributed by atoms with Gasteiger partial charge < -0.3 is 33.8 Å². The van der Waals surface area contributed by atoms with Crippen LogP contribution in [-0.4, -0.2) is 96.7 Å². The number of rotatable bonds is 73. The predicted molar refractivity (Wildman–Crippen MR) is 377 cm³/mol. The summed E-state index contributed by atoms with van der Waals surface area (Å²) in [4.78, 5) is 72.7. The Labute approximate surface area is 568 Å². The number of hydrogen-bond donors (Lipinski definition) is 3. The van der Waals surface area contributed by atoms with Crippen LogP contribution >= 0.6 is 15.6 Å². The van der Waals surface area contributed by atoms with Gasteiger partial charge in [-0.15, -0.1) is 0 Å². The predicted octanol–water partition coefficient (Wildman–Crippen LogP) is 21.6. The molecular formula is C74H144O17P2. The summed E-state index contributed by atoms with van der Waals surface area (Å²) < 4.78 is 68.4. The second-order valence-corrected chi connectivity index (χ2v) is 30.5. The standard InChI is InChI=1S/C74H144O17P2/c1-7-9-11-13-15-17-19-21-22-23-24-25-29-34-40-47-53-59-74(79)90-69(62-84-71(76)56-50-44-38-32-30-26-27-31-36-42-48-54-66(3)4)64-88-92(80,81)86-60-68(75)61-87-93(82,83)89-65-70(63-85-72(77)57-51-45-41-35-37-43-49-55-67(5)6)91-73(78)58-52-46-39-33-28-20-18-16-14-12-10-8-2/h66-70,75H,7-65H2,1-6H3,(H,80,81)(H,82,83)/t68-,69-,70-/m1/s1. The van der Waals surface area contributed by atoms with Gasteiger partial charge in [0.05, 0.1) is 26.4 Å². The number of carbonyl (C=O) groups excluding carboxylic acids is 4. The molecular weight excluding hydrogens is 1220 g/mol. The zero-order valence-electron chi connectivity index (χ0n) is 60.6. The summed E-state index contributed by atoms with van der Waals surface area (Å²) in [6.07, 6.45) is 52.7. The van der Waals surface area contributed by atoms with Gasteiger partial charge in [0.2, 0.25) is 0 Å². The molecule has 0 spiro atoms. The van der Waals surface area contributed by atoms with Crippen LogP contribution in [-0.2, 0) is 65.4 Å². The van der Waals surface area contributed by atoms with Crippen LogP contribution in [0.15, 0.2) is 0 Å². The lowest BCUT2D eigenvalue weighted by molar-refractivity contribution is -0.161. The molecule has 93 heavy (non-hydrogen) atoms. The molecule has 17 nitrogen and oxygen atoms in total. The van der Waals surface area contributed by atoms with Crippen LogP contribution in [0.25, 0.3) is 0 Å². The summed E-state index contributed by atoms with van der Waals surface area (Å²) in [5, 5.41) is 10.6. The Bertz CT molecular complexity index is 1800. The van der Waals surface area contributed by atoms with Crippen molar-refractivity contribution in [2.24, 2.45) is 11.8 Å². The van der Waals surface area contributed by atoms with Gasteiger partial charge >= 0.3 is 39.5 Å². The number of carbonyl (C=O) groups is 4. The Morgan fingerprint density at radius 1 is 0.290 bits per heavy atom. The van der Waals surface area contributed by atoms with Crippen LogP contribution in [0.5, 0.6) is 0 Å². The van der Waals surface area contributed by atoms with Crippen LogP contribution in [0, 0.1) is 11.8 Å². The molecule has 3 N–H and O–H groups in total. The van der Waals surface area contributed by atoms with Crippen LogP contribution in [0.1, 0.15) is 382 Å². The molecule has 0 aromatic heterocycles. The highest BCUT2D eigenvalue weighted by molar-refractivity contribution is 7.47. The highest BCUT2D eigenvalue weighted by Gasteiger charge is 2.30. The number of unbranched alkanes of at least 4 members (excludes halogenated alkanes) is 43. The second kappa shape index (κ2) is 66.0. The largest absolute Gasteiger partial charge is 0.472 e. The monoisotopic (exact) mass is 1370 g/mol. The molecule has 0 aromatic carbocycles. The molecule has 0 saturated carbocycles. The first-order valence-electron chi connectivity index (χ1n) is 38.5. The molecule has 0 fully saturated rings. The average molecular weight is 1370 g/mol. The minimum Gasteiger partial charge on any atom is -0.462 e. The third-order valence-electron chi connectivity index (χ3n) is 17.2. The van der Waals surface area contributed by atoms with E-state index in [2.05, 4.69) is 41.5 Å². The van der Waals surface area contributed by atoms with Crippen LogP contribution in [0.3, 0.4) is 0 Å². The Morgan fingerprint density at radius 2 is 0.495 bits per heavy atom. The van der Waals surface area contributed by atoms with Gasteiger partial charge in [0, 0.05) is 25.7 Å². The number of hydrogen-bond acceptors (Lipinski definition) is 15. The first-order chi connectivity index (χ1) is 44.9. The maximum Gasteiger partial charge on any atom is 0.472 e. The van der Waals surface area contributed by atoms with Crippen molar-refractivity contribution in [2.75, 3.05) is 39.6 Å². The van der Waals surface area contributed by atoms with Gasteiger partial charge in [0.15, 0.2) is 12.2 Å². The van der Waals surface area contributed by atoms with Gasteiger partial charge in [-0.1, -0.05) is 330 Å². The number of phosphoric acid groups is 2. The molecule has 0 rings (SSSR count). The molecule has 552 valence electrons. The van der Waals surface area contributed by atoms with E-state index in [-0.39, 0.29) is 25.7 Å². The summed E-state index contributed by atoms with van der Waals surface area (Å²) in [6.45, 7) is 9.53. The summed E-state index contributed by atoms with van der Waals surface area (Å²) in [5.74, 6) is -0.641. The van der Waals surface area contributed by atoms with Gasteiger partial charge in [-0.3, -0.25) is 37.3 Å². The molecule has 0 heterocycles. The second-order valence-electron chi connectivity index (χ2n) is 27.6. The van der Waals surface area contributed by atoms with Crippen molar-refractivity contribution in [3.05, 3.63) is 0 Å². The number of esters is 4. The number of aliphatic hydroxyl groups excluding tert-OH is 1. The van der Waals surface area contributed by atoms with Crippen LogP contribution < -0.4 is 0 Å². The Balaban J connectivity index is 5.24. The molecule has 2 unspecified atom stereocenters. The topological polar surface area (TPSA) is 237 Å². The van der Waals surface area contributed by atoms with Crippen molar-refractivity contribution in [2.45, 2.75) is 400 Å². The minimum absolute atomic E-state index is 0.107. The van der Waals surface area contributed by atoms with E-state index in [4.69, 9.17) is 37.0 Å². The molecule has 0 aliphatic rings. The third kappa shape index (κ3) is 68.4. The van der Waals surface area contributed by atoms with E-state index in [1.807, 2.05) is 0 Å². The molecule has 0 amide bonds. The highest BCUT2D eigenvalue weighted by Crippen LogP contribution is 2.45. The van der Waals surface area contributed by atoms with Crippen molar-refractivity contribution in [3.8, 4) is 0 Å². The van der Waals surface area contributed by atoms with Gasteiger partial charge in [0.25, 0.3) is 0 Å². The first kappa shape index (κ1) is 91.1. The SMILES string of the molecule is CCCCCCCCCCCCCCCCCCCC(=O)O[C@H](COC(=O)CCCCCCCCCCCCCC(C)C)COP(=O)(O)OC[C@@H](O)COP(=O)(O)OC[C@@H](COC(=O)CCCCCCCCCC(C)C)OC(=O)CCCCCCCCCCCCCC. The molecule has 0 radical (unpaired) electrons. The van der Waals surface area contributed by atoms with Crippen molar-refractivity contribution in [1.29, 1.82) is 0 Å². The van der Waals surface area contributed by atoms with Crippen LogP contribution in [0.2, 0.25) is 0 Å². The summed E-state index contributed by atoms with van der Waals surface area (Å²) >= 11 is 0. The molecule has 0 bridgehead atoms. The van der Waals surface area contributed by atoms with E-state index >= 15 is 0 Å². The molecule has 0 aromatic rings. The van der Waals surface area contributed by atoms with Gasteiger partial charge in [0.1, 0.15) is 19.3 Å². The van der Waals surface area contributed by atoms with Crippen molar-refractivity contribution in [3.63, 3.8) is 0 Å². The summed E-state index contributed by atoms with van der Waals surface area (Å²) in [6, 6.07) is 0. The molecule has 0 aliphatic heterocycles. The van der Waals surface area contributed by atoms with E-state index in [0.717, 1.165) is 102 Å². The van der Waals surface area contributed by atoms with E-state index in [1.54, 1.807) is 0 Å². The maximum absolute atomic E-state index is 13.1. The van der Waals surface area contributed by atoms with E-state index in [1.165, 1.54) is 193 Å². The normalized spacial score (nSPS) is 14.1. The summed E-state index contributed by atoms with van der Waals surface area (Å²) in [5.41, 5.74) is 0. The molecule has 0 aliphatic carbocycles. The number of aliphatic hydroxyl groups is 1. The molecule has 0 saturated heterocycles. The number of phosphoric ester groups is 2. The highest BCUT2D eigenvalue weighted by atomic mass is 31.2. The maximum atomic E-state index is 13.1. The smallest absolute Gasteiger partial charge is 0.462 e. The zero-order valence-corrected chi connectivity index (χ0v) is 62.3. The molecule has 19 heteroatoms. The van der Waals surface area contributed by atoms with Gasteiger partial charge in [-0.2, -0.15) is 0 Å². The van der Waals surface area contributed by atoms with E-state index < -0.39 is 97.5 Å². The number of ether oxygens (including phenoxy) is 4. The van der Waals surface area contributed by atoms with Crippen molar-refractivity contribution in [1.82, 2.24) is 0 Å². The Hall–Kier alpha value is -1.94. The fourth-order valence-corrected chi connectivity index (χ4v) is 12.9. The summed E-state index contributed by atoms with van der Waals surface area (Å²) in [7, 11) is -9.91. The lowest BCUT2D eigenvalue weighted by atomic mass is 10.0. The van der Waals surface area contributed by atoms with E-state index in [0.29, 0.717) is 31.6 Å². The van der Waals surface area contributed by atoms with Gasteiger partial charge in [-0.25, -0.2) is 9.13 Å². The lowest BCUT2D eigenvalue weighted by Gasteiger charge is -2.21. The van der Waals surface area contributed by atoms with Crippen LogP contribution in [0.4, 0.5) is 0 Å². The quantitative estimate of drug-likeness (QED) is 0.0222. The van der Waals surface area contributed by atoms with Crippen molar-refractivity contribution >= 4 is 39.5 Å². The minimum atomic E-state index is -4.96. The first-order valence-corrected chi connectivity index (χ1v) is 41.5. The average Bonchev–Trinajstić information content (AvgIpc) is 1.78. The Kier molecular flexibility index (Phi) is 64.6. The van der Waals surface area contributed by atoms with Gasteiger partial charge in [-0.05, 0) is 37.5 Å². The lowest BCUT2D eigenvalue weighted by Crippen LogP contribution is -2.30. The fraction of sp³-hybridized carbons (Fsp3) is 0.946. The third-order valence-corrected chi connectivity index (χ3v) is 19.1. The fourth-order valence-electron chi connectivity index (χ4n) is 11.3. The van der Waals surface area contributed by atoms with E-state index in [9.17, 15) is 43.2 Å². The zero-order chi connectivity index (χ0) is 68.6. The Morgan fingerprint density at radius 3 is 0.731 bits per heavy atom. The van der Waals surface area contributed by atoms with Crippen molar-refractivity contribution < 1.29 is 80.2 Å².